The van der Waals surface area contributed by atoms with Crippen molar-refractivity contribution in [3.05, 3.63) is 63.7 Å². The van der Waals surface area contributed by atoms with Crippen LogP contribution in [0.4, 0.5) is 17.1 Å². The molecule has 5 nitrogen and oxygen atoms in total. The second-order valence-electron chi connectivity index (χ2n) is 5.29. The number of benzene rings is 2. The lowest BCUT2D eigenvalue weighted by atomic mass is 9.87. The van der Waals surface area contributed by atoms with Gasteiger partial charge in [0.1, 0.15) is 11.4 Å². The van der Waals surface area contributed by atoms with Gasteiger partial charge in [-0.25, -0.2) is 0 Å². The van der Waals surface area contributed by atoms with Crippen LogP contribution in [0.25, 0.3) is 0 Å². The molecule has 1 aliphatic rings. The summed E-state index contributed by atoms with van der Waals surface area (Å²) in [5.41, 5.74) is 8.91. The first-order valence-corrected chi connectivity index (χ1v) is 7.04. The van der Waals surface area contributed by atoms with Gasteiger partial charge in [-0.3, -0.25) is 10.1 Å². The van der Waals surface area contributed by atoms with Gasteiger partial charge in [-0.15, -0.1) is 0 Å². The lowest BCUT2D eigenvalue weighted by Gasteiger charge is -2.27. The van der Waals surface area contributed by atoms with Gasteiger partial charge in [0.2, 0.25) is 0 Å². The number of rotatable bonds is 3. The number of fused-ring (bicyclic) bond motifs is 1. The maximum absolute atomic E-state index is 11.2. The highest BCUT2D eigenvalue weighted by Gasteiger charge is 2.24. The Hall–Kier alpha value is -2.56. The number of para-hydroxylation sites is 1. The van der Waals surface area contributed by atoms with Crippen LogP contribution in [0.1, 0.15) is 30.0 Å². The predicted molar refractivity (Wildman–Crippen MR) is 83.3 cm³/mol. The molecule has 0 spiro atoms. The van der Waals surface area contributed by atoms with Gasteiger partial charge in [-0.1, -0.05) is 30.3 Å². The van der Waals surface area contributed by atoms with Gasteiger partial charge >= 0.3 is 5.69 Å². The van der Waals surface area contributed by atoms with Gasteiger partial charge in [-0.2, -0.15) is 0 Å². The minimum Gasteiger partial charge on any atom is -0.393 e. The fraction of sp³-hybridized carbons (Fsp3) is 0.250. The fourth-order valence-electron chi connectivity index (χ4n) is 2.97. The summed E-state index contributed by atoms with van der Waals surface area (Å²) in [5.74, 6) is 0. The molecule has 3 N–H and O–H groups in total. The van der Waals surface area contributed by atoms with Crippen LogP contribution in [-0.2, 0) is 6.42 Å². The van der Waals surface area contributed by atoms with Gasteiger partial charge in [0.05, 0.1) is 11.0 Å². The Morgan fingerprint density at radius 3 is 2.81 bits per heavy atom. The zero-order valence-electron chi connectivity index (χ0n) is 11.6. The molecule has 0 aromatic heterocycles. The highest BCUT2D eigenvalue weighted by molar-refractivity contribution is 5.74. The Kier molecular flexibility index (Phi) is 3.48. The van der Waals surface area contributed by atoms with E-state index in [2.05, 4.69) is 17.4 Å². The third-order valence-electron chi connectivity index (χ3n) is 3.95. The van der Waals surface area contributed by atoms with E-state index < -0.39 is 4.92 Å². The molecule has 0 amide bonds. The number of anilines is 2. The summed E-state index contributed by atoms with van der Waals surface area (Å²) in [6, 6.07) is 13.3. The van der Waals surface area contributed by atoms with Gasteiger partial charge in [0, 0.05) is 0 Å². The van der Waals surface area contributed by atoms with Crippen molar-refractivity contribution in [2.75, 3.05) is 11.1 Å². The standard InChI is InChI=1S/C16H17N3O2/c17-13-8-4-10-15(16(13)19(20)21)18-14-9-3-6-11-5-1-2-7-12(11)14/h1-2,4-5,7-8,10,14,18H,3,6,9,17H2. The molecule has 0 bridgehead atoms. The van der Waals surface area contributed by atoms with E-state index in [9.17, 15) is 10.1 Å². The molecule has 5 heteroatoms. The summed E-state index contributed by atoms with van der Waals surface area (Å²) in [5, 5.41) is 14.5. The van der Waals surface area contributed by atoms with Crippen LogP contribution in [0.15, 0.2) is 42.5 Å². The summed E-state index contributed by atoms with van der Waals surface area (Å²) in [4.78, 5) is 10.8. The maximum atomic E-state index is 11.2. The fourth-order valence-corrected chi connectivity index (χ4v) is 2.97. The second-order valence-corrected chi connectivity index (χ2v) is 5.29. The van der Waals surface area contributed by atoms with Crippen molar-refractivity contribution in [1.82, 2.24) is 0 Å². The van der Waals surface area contributed by atoms with E-state index in [-0.39, 0.29) is 17.4 Å². The van der Waals surface area contributed by atoms with Crippen LogP contribution in [0, 0.1) is 10.1 Å². The molecule has 1 aliphatic carbocycles. The normalized spacial score (nSPS) is 17.0. The number of aryl methyl sites for hydroxylation is 1. The van der Waals surface area contributed by atoms with Crippen molar-refractivity contribution in [3.8, 4) is 0 Å². The second kappa shape index (κ2) is 5.44. The zero-order chi connectivity index (χ0) is 14.8. The van der Waals surface area contributed by atoms with Crippen molar-refractivity contribution < 1.29 is 4.92 Å². The van der Waals surface area contributed by atoms with Crippen LogP contribution < -0.4 is 11.1 Å². The number of nitro benzene ring substituents is 1. The molecule has 21 heavy (non-hydrogen) atoms. The SMILES string of the molecule is Nc1cccc(NC2CCCc3ccccc32)c1[N+](=O)[O-]. The van der Waals surface area contributed by atoms with Gasteiger partial charge in [0.15, 0.2) is 0 Å². The van der Waals surface area contributed by atoms with E-state index in [0.717, 1.165) is 19.3 Å². The monoisotopic (exact) mass is 283 g/mol. The Morgan fingerprint density at radius 2 is 2.00 bits per heavy atom. The molecular weight excluding hydrogens is 266 g/mol. The van der Waals surface area contributed by atoms with Crippen LogP contribution in [-0.4, -0.2) is 4.92 Å². The number of hydrogen-bond acceptors (Lipinski definition) is 4. The zero-order valence-corrected chi connectivity index (χ0v) is 11.6. The molecule has 0 heterocycles. The minimum absolute atomic E-state index is 0.0412. The van der Waals surface area contributed by atoms with Gasteiger partial charge < -0.3 is 11.1 Å². The Balaban J connectivity index is 1.96. The molecule has 2 aromatic carbocycles. The lowest BCUT2D eigenvalue weighted by Crippen LogP contribution is -2.18. The maximum Gasteiger partial charge on any atom is 0.314 e. The minimum atomic E-state index is -0.424. The van der Waals surface area contributed by atoms with Crippen molar-refractivity contribution in [3.63, 3.8) is 0 Å². The molecular formula is C16H17N3O2. The van der Waals surface area contributed by atoms with E-state index in [0.29, 0.717) is 5.69 Å². The summed E-state index contributed by atoms with van der Waals surface area (Å²) < 4.78 is 0. The predicted octanol–water partition coefficient (Wildman–Crippen LogP) is 3.67. The number of nitrogen functional groups attached to an aromatic ring is 1. The molecule has 3 rings (SSSR count). The van der Waals surface area contributed by atoms with Gasteiger partial charge in [0.25, 0.3) is 0 Å². The highest BCUT2D eigenvalue weighted by Crippen LogP contribution is 2.37. The average Bonchev–Trinajstić information content (AvgIpc) is 2.47. The first kappa shape index (κ1) is 13.4. The Labute approximate surface area is 122 Å². The van der Waals surface area contributed by atoms with E-state index in [1.54, 1.807) is 18.2 Å². The number of nitrogens with one attached hydrogen (secondary N) is 1. The average molecular weight is 283 g/mol. The number of nitro groups is 1. The quantitative estimate of drug-likeness (QED) is 0.511. The molecule has 0 saturated carbocycles. The van der Waals surface area contributed by atoms with E-state index in [1.165, 1.54) is 11.1 Å². The van der Waals surface area contributed by atoms with E-state index in [1.807, 2.05) is 12.1 Å². The van der Waals surface area contributed by atoms with Crippen molar-refractivity contribution in [2.45, 2.75) is 25.3 Å². The lowest BCUT2D eigenvalue weighted by molar-refractivity contribution is -0.383. The Bertz CT molecular complexity index is 685. The molecule has 0 fully saturated rings. The van der Waals surface area contributed by atoms with E-state index >= 15 is 0 Å². The van der Waals surface area contributed by atoms with Crippen LogP contribution >= 0.6 is 0 Å². The molecule has 1 atom stereocenters. The molecule has 108 valence electrons. The first-order valence-electron chi connectivity index (χ1n) is 7.04. The largest absolute Gasteiger partial charge is 0.393 e. The first-order chi connectivity index (χ1) is 10.2. The topological polar surface area (TPSA) is 81.2 Å². The summed E-state index contributed by atoms with van der Waals surface area (Å²) in [6.45, 7) is 0. The van der Waals surface area contributed by atoms with Crippen LogP contribution in [0.3, 0.4) is 0 Å². The molecule has 0 aliphatic heterocycles. The van der Waals surface area contributed by atoms with Crippen LogP contribution in [0.2, 0.25) is 0 Å². The summed E-state index contributed by atoms with van der Waals surface area (Å²) >= 11 is 0. The molecule has 1 unspecified atom stereocenters. The third kappa shape index (κ3) is 2.54. The molecule has 2 aromatic rings. The summed E-state index contributed by atoms with van der Waals surface area (Å²) in [6.07, 6.45) is 3.10. The van der Waals surface area contributed by atoms with Crippen LogP contribution in [0.5, 0.6) is 0 Å². The summed E-state index contributed by atoms with van der Waals surface area (Å²) in [7, 11) is 0. The van der Waals surface area contributed by atoms with E-state index in [4.69, 9.17) is 5.73 Å². The molecule has 0 radical (unpaired) electrons. The molecule has 0 saturated heterocycles. The highest BCUT2D eigenvalue weighted by atomic mass is 16.6. The smallest absolute Gasteiger partial charge is 0.314 e. The van der Waals surface area contributed by atoms with Gasteiger partial charge in [-0.05, 0) is 42.5 Å². The number of hydrogen-bond donors (Lipinski definition) is 2. The third-order valence-corrected chi connectivity index (χ3v) is 3.95. The van der Waals surface area contributed by atoms with Crippen molar-refractivity contribution in [1.29, 1.82) is 0 Å². The van der Waals surface area contributed by atoms with Crippen molar-refractivity contribution in [2.24, 2.45) is 0 Å². The number of nitrogens with two attached hydrogens (primary N) is 1. The van der Waals surface area contributed by atoms with Crippen molar-refractivity contribution >= 4 is 17.1 Å². The number of nitrogens with zero attached hydrogens (tertiary/aromatic N) is 1. The Morgan fingerprint density at radius 1 is 1.19 bits per heavy atom.